The van der Waals surface area contributed by atoms with Gasteiger partial charge in [0.25, 0.3) is 5.91 Å². The average Bonchev–Trinajstić information content (AvgIpc) is 3.47. The van der Waals surface area contributed by atoms with Crippen LogP contribution in [0.4, 0.5) is 0 Å². The lowest BCUT2D eigenvalue weighted by atomic mass is 9.83. The first-order chi connectivity index (χ1) is 18.7. The molecule has 1 aliphatic carbocycles. The van der Waals surface area contributed by atoms with E-state index in [0.717, 1.165) is 72.4 Å². The Morgan fingerprint density at radius 2 is 1.74 bits per heavy atom. The lowest BCUT2D eigenvalue weighted by Crippen LogP contribution is -2.38. The van der Waals surface area contributed by atoms with Crippen LogP contribution in [0.25, 0.3) is 22.2 Å². The lowest BCUT2D eigenvalue weighted by molar-refractivity contribution is 0.0921. The molecule has 1 aliphatic heterocycles. The molecular weight excluding hydrogens is 472 g/mol. The molecule has 0 radical (unpaired) electrons. The molecule has 6 rings (SSSR count). The van der Waals surface area contributed by atoms with E-state index in [9.17, 15) is 4.79 Å². The van der Waals surface area contributed by atoms with E-state index in [-0.39, 0.29) is 11.9 Å². The standard InChI is InChI=1S/C32H36N4O2/c37-32(28-8-4-10-30-27(28)9-5-18-33-30)34-26-13-11-23(12-14-26)15-19-36-20-16-24(17-21-36)29-22-38-35-31(29)25-6-2-1-3-7-25/h1-10,18,22-24,26H,11-17,19-21H2,(H,34,37)/t23-,26-. The van der Waals surface area contributed by atoms with Crippen LogP contribution in [0.2, 0.25) is 0 Å². The van der Waals surface area contributed by atoms with Gasteiger partial charge >= 0.3 is 0 Å². The van der Waals surface area contributed by atoms with Crippen LogP contribution in [0, 0.1) is 5.92 Å². The second-order valence-corrected chi connectivity index (χ2v) is 11.0. The Bertz CT molecular complexity index is 1350. The monoisotopic (exact) mass is 508 g/mol. The summed E-state index contributed by atoms with van der Waals surface area (Å²) in [6.07, 6.45) is 11.7. The molecule has 1 saturated carbocycles. The van der Waals surface area contributed by atoms with Gasteiger partial charge < -0.3 is 14.7 Å². The minimum Gasteiger partial charge on any atom is -0.364 e. The molecule has 4 aromatic rings. The molecule has 2 aromatic carbocycles. The molecule has 6 nitrogen and oxygen atoms in total. The van der Waals surface area contributed by atoms with Gasteiger partial charge in [-0.05, 0) is 94.6 Å². The van der Waals surface area contributed by atoms with Crippen LogP contribution >= 0.6 is 0 Å². The number of likely N-dealkylation sites (tertiary alicyclic amines) is 1. The summed E-state index contributed by atoms with van der Waals surface area (Å²) in [6.45, 7) is 3.44. The molecule has 2 aliphatic rings. The SMILES string of the molecule is O=C(N[C@H]1CC[C@H](CCN2CCC(c3conc3-c3ccccc3)CC2)CC1)c1cccc2ncccc12. The number of carbonyl (C=O) groups excluding carboxylic acids is 1. The first-order valence-corrected chi connectivity index (χ1v) is 14.1. The van der Waals surface area contributed by atoms with Gasteiger partial charge in [-0.15, -0.1) is 0 Å². The Hall–Kier alpha value is -3.51. The number of amides is 1. The maximum Gasteiger partial charge on any atom is 0.252 e. The summed E-state index contributed by atoms with van der Waals surface area (Å²) < 4.78 is 5.39. The summed E-state index contributed by atoms with van der Waals surface area (Å²) >= 11 is 0. The fourth-order valence-electron chi connectivity index (χ4n) is 6.34. The molecule has 0 atom stereocenters. The highest BCUT2D eigenvalue weighted by molar-refractivity contribution is 6.06. The number of nitrogens with one attached hydrogen (secondary N) is 1. The summed E-state index contributed by atoms with van der Waals surface area (Å²) in [4.78, 5) is 20.0. The summed E-state index contributed by atoms with van der Waals surface area (Å²) in [5.74, 6) is 1.30. The number of nitrogens with zero attached hydrogens (tertiary/aromatic N) is 3. The van der Waals surface area contributed by atoms with Gasteiger partial charge in [0, 0.05) is 34.3 Å². The van der Waals surface area contributed by atoms with Crippen LogP contribution in [0.3, 0.4) is 0 Å². The zero-order valence-electron chi connectivity index (χ0n) is 21.9. The number of piperidine rings is 1. The normalized spacial score (nSPS) is 20.9. The summed E-state index contributed by atoms with van der Waals surface area (Å²) in [5, 5.41) is 8.53. The van der Waals surface area contributed by atoms with E-state index in [1.807, 2.05) is 42.7 Å². The second-order valence-electron chi connectivity index (χ2n) is 11.0. The number of carbonyl (C=O) groups is 1. The first-order valence-electron chi connectivity index (χ1n) is 14.1. The van der Waals surface area contributed by atoms with Crippen LogP contribution < -0.4 is 5.32 Å². The maximum atomic E-state index is 13.0. The van der Waals surface area contributed by atoms with Crippen molar-refractivity contribution in [2.75, 3.05) is 19.6 Å². The number of fused-ring (bicyclic) bond motifs is 1. The highest BCUT2D eigenvalue weighted by Gasteiger charge is 2.27. The average molecular weight is 509 g/mol. The van der Waals surface area contributed by atoms with Gasteiger partial charge in [0.05, 0.1) is 5.52 Å². The van der Waals surface area contributed by atoms with E-state index in [1.54, 1.807) is 6.20 Å². The molecule has 196 valence electrons. The highest BCUT2D eigenvalue weighted by Crippen LogP contribution is 2.35. The fourth-order valence-corrected chi connectivity index (χ4v) is 6.34. The quantitative estimate of drug-likeness (QED) is 0.311. The Morgan fingerprint density at radius 3 is 2.55 bits per heavy atom. The van der Waals surface area contributed by atoms with Gasteiger partial charge in [-0.1, -0.05) is 47.6 Å². The smallest absolute Gasteiger partial charge is 0.252 e. The number of pyridine rings is 1. The topological polar surface area (TPSA) is 71.3 Å². The van der Waals surface area contributed by atoms with Gasteiger partial charge in [-0.2, -0.15) is 0 Å². The first kappa shape index (κ1) is 24.8. The van der Waals surface area contributed by atoms with Crippen molar-refractivity contribution in [2.45, 2.75) is 56.9 Å². The molecule has 3 heterocycles. The Kier molecular flexibility index (Phi) is 7.49. The third-order valence-corrected chi connectivity index (χ3v) is 8.60. The van der Waals surface area contributed by atoms with E-state index in [4.69, 9.17) is 4.52 Å². The zero-order valence-corrected chi connectivity index (χ0v) is 21.9. The summed E-state index contributed by atoms with van der Waals surface area (Å²) in [7, 11) is 0. The number of hydrogen-bond acceptors (Lipinski definition) is 5. The summed E-state index contributed by atoms with van der Waals surface area (Å²) in [5.41, 5.74) is 5.00. The van der Waals surface area contributed by atoms with Crippen molar-refractivity contribution in [3.05, 3.63) is 84.3 Å². The van der Waals surface area contributed by atoms with Gasteiger partial charge in [-0.3, -0.25) is 9.78 Å². The van der Waals surface area contributed by atoms with E-state index >= 15 is 0 Å². The number of rotatable bonds is 7. The van der Waals surface area contributed by atoms with Crippen molar-refractivity contribution >= 4 is 16.8 Å². The number of aromatic nitrogens is 2. The Labute approximate surface area is 224 Å². The Morgan fingerprint density at radius 1 is 0.921 bits per heavy atom. The van der Waals surface area contributed by atoms with E-state index < -0.39 is 0 Å². The predicted octanol–water partition coefficient (Wildman–Crippen LogP) is 6.45. The second kappa shape index (κ2) is 11.5. The van der Waals surface area contributed by atoms with Gasteiger partial charge in [-0.25, -0.2) is 0 Å². The van der Waals surface area contributed by atoms with E-state index in [0.29, 0.717) is 5.92 Å². The third-order valence-electron chi connectivity index (χ3n) is 8.60. The largest absolute Gasteiger partial charge is 0.364 e. The zero-order chi connectivity index (χ0) is 25.7. The third kappa shape index (κ3) is 5.51. The molecule has 2 aromatic heterocycles. The van der Waals surface area contributed by atoms with Crippen LogP contribution in [0.5, 0.6) is 0 Å². The van der Waals surface area contributed by atoms with Crippen molar-refractivity contribution in [2.24, 2.45) is 5.92 Å². The fraction of sp³-hybridized carbons (Fsp3) is 0.406. The highest BCUT2D eigenvalue weighted by atomic mass is 16.5. The number of benzene rings is 2. The van der Waals surface area contributed by atoms with Crippen molar-refractivity contribution in [3.8, 4) is 11.3 Å². The van der Waals surface area contributed by atoms with Crippen LogP contribution in [-0.4, -0.2) is 46.6 Å². The van der Waals surface area contributed by atoms with Crippen LogP contribution in [-0.2, 0) is 0 Å². The summed E-state index contributed by atoms with van der Waals surface area (Å²) in [6, 6.07) is 20.3. The molecular formula is C32H36N4O2. The van der Waals surface area contributed by atoms with Crippen LogP contribution in [0.15, 0.2) is 77.6 Å². The van der Waals surface area contributed by atoms with Crippen LogP contribution in [0.1, 0.15) is 66.8 Å². The van der Waals surface area contributed by atoms with Gasteiger partial charge in [0.1, 0.15) is 12.0 Å². The molecule has 0 spiro atoms. The molecule has 1 saturated heterocycles. The molecule has 1 N–H and O–H groups in total. The maximum absolute atomic E-state index is 13.0. The Balaban J connectivity index is 0.943. The van der Waals surface area contributed by atoms with Crippen molar-refractivity contribution in [1.82, 2.24) is 20.4 Å². The molecule has 38 heavy (non-hydrogen) atoms. The van der Waals surface area contributed by atoms with E-state index in [1.165, 1.54) is 31.4 Å². The molecule has 2 fully saturated rings. The van der Waals surface area contributed by atoms with Crippen molar-refractivity contribution < 1.29 is 9.32 Å². The van der Waals surface area contributed by atoms with Crippen molar-refractivity contribution in [1.29, 1.82) is 0 Å². The molecule has 6 heteroatoms. The minimum absolute atomic E-state index is 0.0261. The molecule has 1 amide bonds. The lowest BCUT2D eigenvalue weighted by Gasteiger charge is -2.34. The van der Waals surface area contributed by atoms with Crippen molar-refractivity contribution in [3.63, 3.8) is 0 Å². The molecule has 0 bridgehead atoms. The van der Waals surface area contributed by atoms with E-state index in [2.05, 4.69) is 44.6 Å². The molecule has 0 unspecified atom stereocenters. The number of hydrogen-bond donors (Lipinski definition) is 1. The van der Waals surface area contributed by atoms with Gasteiger partial charge in [0.2, 0.25) is 0 Å². The predicted molar refractivity (Wildman–Crippen MR) is 150 cm³/mol. The van der Waals surface area contributed by atoms with Gasteiger partial charge in [0.15, 0.2) is 0 Å². The minimum atomic E-state index is 0.0261.